The average molecular weight is 378 g/mol. The highest BCUT2D eigenvalue weighted by atomic mass is 127. The first-order chi connectivity index (χ1) is 8.74. The fraction of sp³-hybridized carbons (Fsp3) is 0.333. The van der Waals surface area contributed by atoms with Crippen LogP contribution in [0, 0.1) is 0 Å². The normalized spacial score (nSPS) is 10.8. The molecular weight excluding hydrogens is 365 g/mol. The van der Waals surface area contributed by atoms with Crippen molar-refractivity contribution in [3.63, 3.8) is 0 Å². The first-order valence-corrected chi connectivity index (χ1v) is 7.68. The van der Waals surface area contributed by atoms with Gasteiger partial charge in [0.2, 0.25) is 5.91 Å². The Morgan fingerprint density at radius 1 is 1.56 bits per heavy atom. The molecule has 0 bridgehead atoms. The standard InChI is InChI=1S/C12H13ClIN3O/c13-3-1-2-11(18)17-9-4-10-8(5-14)6-15-12(10)16-7-9/h4,6-7H,1-3,5H2,(H,15,16)(H,17,18). The molecule has 96 valence electrons. The molecule has 0 aliphatic carbocycles. The summed E-state index contributed by atoms with van der Waals surface area (Å²) in [5.41, 5.74) is 2.77. The van der Waals surface area contributed by atoms with Crippen LogP contribution in [0.5, 0.6) is 0 Å². The molecule has 0 fully saturated rings. The van der Waals surface area contributed by atoms with E-state index in [1.807, 2.05) is 12.3 Å². The molecular formula is C12H13ClIN3O. The number of rotatable bonds is 5. The van der Waals surface area contributed by atoms with Crippen LogP contribution in [0.3, 0.4) is 0 Å². The van der Waals surface area contributed by atoms with Gasteiger partial charge in [0.25, 0.3) is 0 Å². The highest BCUT2D eigenvalue weighted by molar-refractivity contribution is 14.1. The van der Waals surface area contributed by atoms with Crippen molar-refractivity contribution < 1.29 is 4.79 Å². The van der Waals surface area contributed by atoms with Crippen LogP contribution < -0.4 is 5.32 Å². The molecule has 0 aliphatic rings. The number of hydrogen-bond acceptors (Lipinski definition) is 2. The zero-order valence-corrected chi connectivity index (χ0v) is 12.6. The van der Waals surface area contributed by atoms with E-state index in [2.05, 4.69) is 37.9 Å². The first kappa shape index (κ1) is 13.6. The molecule has 2 aromatic rings. The second-order valence-electron chi connectivity index (χ2n) is 3.91. The van der Waals surface area contributed by atoms with Crippen LogP contribution in [0.2, 0.25) is 0 Å². The summed E-state index contributed by atoms with van der Waals surface area (Å²) in [5.74, 6) is 0.477. The van der Waals surface area contributed by atoms with Gasteiger partial charge in [0.1, 0.15) is 5.65 Å². The van der Waals surface area contributed by atoms with Gasteiger partial charge in [0.15, 0.2) is 0 Å². The maximum Gasteiger partial charge on any atom is 0.224 e. The SMILES string of the molecule is O=C(CCCCl)Nc1cnc2[nH]cc(CI)c2c1. The van der Waals surface area contributed by atoms with Gasteiger partial charge >= 0.3 is 0 Å². The number of nitrogens with one attached hydrogen (secondary N) is 2. The lowest BCUT2D eigenvalue weighted by atomic mass is 10.2. The molecule has 6 heteroatoms. The second-order valence-corrected chi connectivity index (χ2v) is 5.05. The lowest BCUT2D eigenvalue weighted by Crippen LogP contribution is -2.11. The Bertz CT molecular complexity index is 555. The molecule has 2 heterocycles. The minimum absolute atomic E-state index is 0.0247. The molecule has 2 aromatic heterocycles. The topological polar surface area (TPSA) is 57.8 Å². The number of fused-ring (bicyclic) bond motifs is 1. The number of amides is 1. The molecule has 0 aliphatic heterocycles. The largest absolute Gasteiger partial charge is 0.346 e. The fourth-order valence-corrected chi connectivity index (χ4v) is 2.45. The molecule has 4 nitrogen and oxygen atoms in total. The van der Waals surface area contributed by atoms with E-state index >= 15 is 0 Å². The third-order valence-electron chi connectivity index (χ3n) is 2.58. The smallest absolute Gasteiger partial charge is 0.224 e. The molecule has 2 rings (SSSR count). The maximum atomic E-state index is 11.6. The minimum Gasteiger partial charge on any atom is -0.346 e. The van der Waals surface area contributed by atoms with Crippen LogP contribution >= 0.6 is 34.2 Å². The zero-order valence-electron chi connectivity index (χ0n) is 9.67. The van der Waals surface area contributed by atoms with Crippen molar-refractivity contribution >= 4 is 56.8 Å². The van der Waals surface area contributed by atoms with Gasteiger partial charge in [0, 0.05) is 28.3 Å². The quantitative estimate of drug-likeness (QED) is 0.619. The van der Waals surface area contributed by atoms with Crippen molar-refractivity contribution in [1.29, 1.82) is 0 Å². The van der Waals surface area contributed by atoms with Crippen LogP contribution in [-0.4, -0.2) is 21.8 Å². The van der Waals surface area contributed by atoms with Crippen LogP contribution in [0.25, 0.3) is 11.0 Å². The summed E-state index contributed by atoms with van der Waals surface area (Å²) >= 11 is 7.86. The predicted octanol–water partition coefficient (Wildman–Crippen LogP) is 3.46. The number of carbonyl (C=O) groups excluding carboxylic acids is 1. The summed E-state index contributed by atoms with van der Waals surface area (Å²) < 4.78 is 0.906. The van der Waals surface area contributed by atoms with Gasteiger partial charge < -0.3 is 10.3 Å². The van der Waals surface area contributed by atoms with E-state index in [-0.39, 0.29) is 5.91 Å². The van der Waals surface area contributed by atoms with Gasteiger partial charge in [-0.25, -0.2) is 4.98 Å². The molecule has 0 unspecified atom stereocenters. The van der Waals surface area contributed by atoms with Gasteiger partial charge in [-0.1, -0.05) is 22.6 Å². The van der Waals surface area contributed by atoms with Crippen molar-refractivity contribution in [3.8, 4) is 0 Å². The Morgan fingerprint density at radius 3 is 3.11 bits per heavy atom. The second kappa shape index (κ2) is 6.38. The molecule has 0 radical (unpaired) electrons. The number of carbonyl (C=O) groups is 1. The highest BCUT2D eigenvalue weighted by Gasteiger charge is 2.07. The summed E-state index contributed by atoms with van der Waals surface area (Å²) in [4.78, 5) is 19.0. The number of nitrogens with zero attached hydrogens (tertiary/aromatic N) is 1. The number of aromatic amines is 1. The predicted molar refractivity (Wildman–Crippen MR) is 82.4 cm³/mol. The Hall–Kier alpha value is -0.820. The molecule has 0 saturated carbocycles. The van der Waals surface area contributed by atoms with Crippen molar-refractivity contribution in [1.82, 2.24) is 9.97 Å². The first-order valence-electron chi connectivity index (χ1n) is 5.62. The Balaban J connectivity index is 2.16. The Kier molecular flexibility index (Phi) is 4.82. The van der Waals surface area contributed by atoms with E-state index in [1.165, 1.54) is 5.56 Å². The number of pyridine rings is 1. The average Bonchev–Trinajstić information content (AvgIpc) is 2.78. The van der Waals surface area contributed by atoms with Crippen LogP contribution in [0.4, 0.5) is 5.69 Å². The van der Waals surface area contributed by atoms with E-state index in [1.54, 1.807) is 6.20 Å². The fourth-order valence-electron chi connectivity index (χ4n) is 1.69. The van der Waals surface area contributed by atoms with Gasteiger partial charge in [0.05, 0.1) is 11.9 Å². The van der Waals surface area contributed by atoms with Crippen molar-refractivity contribution in [3.05, 3.63) is 24.0 Å². The van der Waals surface area contributed by atoms with Gasteiger partial charge in [-0.3, -0.25) is 4.79 Å². The van der Waals surface area contributed by atoms with Crippen molar-refractivity contribution in [2.75, 3.05) is 11.2 Å². The Morgan fingerprint density at radius 2 is 2.39 bits per heavy atom. The number of hydrogen-bond donors (Lipinski definition) is 2. The molecule has 0 atom stereocenters. The van der Waals surface area contributed by atoms with Crippen LogP contribution in [0.1, 0.15) is 18.4 Å². The third-order valence-corrected chi connectivity index (χ3v) is 3.67. The summed E-state index contributed by atoms with van der Waals surface area (Å²) in [7, 11) is 0. The molecule has 18 heavy (non-hydrogen) atoms. The summed E-state index contributed by atoms with van der Waals surface area (Å²) in [5, 5.41) is 3.89. The molecule has 2 N–H and O–H groups in total. The number of H-pyrrole nitrogens is 1. The van der Waals surface area contributed by atoms with E-state index in [9.17, 15) is 4.79 Å². The highest BCUT2D eigenvalue weighted by Crippen LogP contribution is 2.22. The van der Waals surface area contributed by atoms with E-state index < -0.39 is 0 Å². The van der Waals surface area contributed by atoms with Crippen molar-refractivity contribution in [2.24, 2.45) is 0 Å². The zero-order chi connectivity index (χ0) is 13.0. The minimum atomic E-state index is -0.0247. The third kappa shape index (κ3) is 3.14. The summed E-state index contributed by atoms with van der Waals surface area (Å²) in [6, 6.07) is 1.95. The lowest BCUT2D eigenvalue weighted by Gasteiger charge is -2.04. The number of aromatic nitrogens is 2. The molecule has 0 spiro atoms. The Labute approximate surface area is 124 Å². The molecule has 1 amide bonds. The monoisotopic (exact) mass is 377 g/mol. The van der Waals surface area contributed by atoms with E-state index in [0.29, 0.717) is 18.7 Å². The molecule has 0 aromatic carbocycles. The summed E-state index contributed by atoms with van der Waals surface area (Å²) in [6.07, 6.45) is 4.73. The maximum absolute atomic E-state index is 11.6. The number of halogens is 2. The van der Waals surface area contributed by atoms with E-state index in [4.69, 9.17) is 11.6 Å². The summed E-state index contributed by atoms with van der Waals surface area (Å²) in [6.45, 7) is 0. The number of alkyl halides is 2. The number of anilines is 1. The van der Waals surface area contributed by atoms with E-state index in [0.717, 1.165) is 21.1 Å². The van der Waals surface area contributed by atoms with Gasteiger partial charge in [-0.15, -0.1) is 11.6 Å². The van der Waals surface area contributed by atoms with Crippen LogP contribution in [-0.2, 0) is 9.22 Å². The van der Waals surface area contributed by atoms with Gasteiger partial charge in [-0.2, -0.15) is 0 Å². The van der Waals surface area contributed by atoms with Crippen LogP contribution in [0.15, 0.2) is 18.5 Å². The van der Waals surface area contributed by atoms with Gasteiger partial charge in [-0.05, 0) is 18.1 Å². The lowest BCUT2D eigenvalue weighted by molar-refractivity contribution is -0.116. The molecule has 0 saturated heterocycles. The van der Waals surface area contributed by atoms with Crippen molar-refractivity contribution in [2.45, 2.75) is 17.3 Å².